The number of aliphatic hydroxyl groups is 1. The van der Waals surface area contributed by atoms with Gasteiger partial charge in [-0.2, -0.15) is 0 Å². The molecule has 134 valence electrons. The SMILES string of the molecule is CCOc1ccccc1CN1CCC(C(=O)NC(C)(C)CO)CC1. The van der Waals surface area contributed by atoms with Gasteiger partial charge in [-0.15, -0.1) is 0 Å². The van der Waals surface area contributed by atoms with E-state index in [1.807, 2.05) is 39.0 Å². The summed E-state index contributed by atoms with van der Waals surface area (Å²) in [6, 6.07) is 8.15. The molecule has 1 aromatic carbocycles. The number of hydrogen-bond acceptors (Lipinski definition) is 4. The van der Waals surface area contributed by atoms with E-state index in [9.17, 15) is 9.90 Å². The highest BCUT2D eigenvalue weighted by atomic mass is 16.5. The highest BCUT2D eigenvalue weighted by Gasteiger charge is 2.28. The smallest absolute Gasteiger partial charge is 0.223 e. The van der Waals surface area contributed by atoms with Gasteiger partial charge in [0, 0.05) is 18.0 Å². The van der Waals surface area contributed by atoms with E-state index in [-0.39, 0.29) is 18.4 Å². The first-order valence-electron chi connectivity index (χ1n) is 8.81. The molecule has 0 spiro atoms. The molecule has 1 saturated heterocycles. The fourth-order valence-corrected chi connectivity index (χ4v) is 3.00. The predicted octanol–water partition coefficient (Wildman–Crippen LogP) is 2.18. The zero-order valence-corrected chi connectivity index (χ0v) is 15.0. The molecule has 0 atom stereocenters. The minimum absolute atomic E-state index is 0.0363. The summed E-state index contributed by atoms with van der Waals surface area (Å²) in [5, 5.41) is 12.2. The molecule has 1 heterocycles. The Morgan fingerprint density at radius 3 is 2.62 bits per heavy atom. The number of benzene rings is 1. The monoisotopic (exact) mass is 334 g/mol. The minimum atomic E-state index is -0.551. The van der Waals surface area contributed by atoms with Gasteiger partial charge < -0.3 is 15.2 Å². The third-order valence-corrected chi connectivity index (χ3v) is 4.48. The number of likely N-dealkylation sites (tertiary alicyclic amines) is 1. The zero-order chi connectivity index (χ0) is 17.6. The first kappa shape index (κ1) is 18.7. The number of hydrogen-bond donors (Lipinski definition) is 2. The van der Waals surface area contributed by atoms with Gasteiger partial charge in [-0.25, -0.2) is 0 Å². The number of ether oxygens (including phenoxy) is 1. The molecule has 0 saturated carbocycles. The Morgan fingerprint density at radius 1 is 1.33 bits per heavy atom. The number of aliphatic hydroxyl groups excluding tert-OH is 1. The molecule has 1 fully saturated rings. The van der Waals surface area contributed by atoms with Crippen molar-refractivity contribution in [2.24, 2.45) is 5.92 Å². The van der Waals surface area contributed by atoms with Crippen LogP contribution in [-0.4, -0.2) is 47.8 Å². The summed E-state index contributed by atoms with van der Waals surface area (Å²) < 4.78 is 5.69. The molecule has 0 unspecified atom stereocenters. The molecule has 24 heavy (non-hydrogen) atoms. The van der Waals surface area contributed by atoms with Gasteiger partial charge in [0.2, 0.25) is 5.91 Å². The predicted molar refractivity (Wildman–Crippen MR) is 94.9 cm³/mol. The maximum absolute atomic E-state index is 12.3. The van der Waals surface area contributed by atoms with Crippen molar-refractivity contribution in [2.75, 3.05) is 26.3 Å². The molecular weight excluding hydrogens is 304 g/mol. The van der Waals surface area contributed by atoms with E-state index in [2.05, 4.69) is 16.3 Å². The maximum atomic E-state index is 12.3. The third kappa shape index (κ3) is 5.21. The van der Waals surface area contributed by atoms with Gasteiger partial charge in [0.25, 0.3) is 0 Å². The summed E-state index contributed by atoms with van der Waals surface area (Å²) in [4.78, 5) is 14.7. The average Bonchev–Trinajstić information content (AvgIpc) is 2.57. The van der Waals surface area contributed by atoms with Crippen molar-refractivity contribution in [1.29, 1.82) is 0 Å². The van der Waals surface area contributed by atoms with Crippen LogP contribution >= 0.6 is 0 Å². The normalized spacial score (nSPS) is 16.8. The number of piperidine rings is 1. The molecule has 1 aliphatic heterocycles. The summed E-state index contributed by atoms with van der Waals surface area (Å²) in [6.45, 7) is 8.94. The quantitative estimate of drug-likeness (QED) is 0.802. The van der Waals surface area contributed by atoms with Crippen LogP contribution in [0.1, 0.15) is 39.2 Å². The Hall–Kier alpha value is -1.59. The van der Waals surface area contributed by atoms with E-state index < -0.39 is 5.54 Å². The first-order chi connectivity index (χ1) is 11.4. The lowest BCUT2D eigenvalue weighted by atomic mass is 9.94. The lowest BCUT2D eigenvalue weighted by Crippen LogP contribution is -2.50. The van der Waals surface area contributed by atoms with Gasteiger partial charge in [-0.1, -0.05) is 18.2 Å². The van der Waals surface area contributed by atoms with Gasteiger partial charge in [0.05, 0.1) is 18.8 Å². The van der Waals surface area contributed by atoms with Gasteiger partial charge in [-0.3, -0.25) is 9.69 Å². The average molecular weight is 334 g/mol. The maximum Gasteiger partial charge on any atom is 0.223 e. The van der Waals surface area contributed by atoms with E-state index in [4.69, 9.17) is 4.74 Å². The van der Waals surface area contributed by atoms with Crippen molar-refractivity contribution in [3.8, 4) is 5.75 Å². The summed E-state index contributed by atoms with van der Waals surface area (Å²) in [5.41, 5.74) is 0.647. The highest BCUT2D eigenvalue weighted by molar-refractivity contribution is 5.79. The molecule has 1 aromatic rings. The Balaban J connectivity index is 1.86. The lowest BCUT2D eigenvalue weighted by molar-refractivity contribution is -0.128. The van der Waals surface area contributed by atoms with Crippen molar-refractivity contribution in [1.82, 2.24) is 10.2 Å². The number of amides is 1. The number of rotatable bonds is 7. The molecule has 0 bridgehead atoms. The van der Waals surface area contributed by atoms with E-state index >= 15 is 0 Å². The first-order valence-corrected chi connectivity index (χ1v) is 8.81. The van der Waals surface area contributed by atoms with Crippen LogP contribution in [0, 0.1) is 5.92 Å². The molecule has 5 heteroatoms. The number of nitrogens with zero attached hydrogens (tertiary/aromatic N) is 1. The summed E-state index contributed by atoms with van der Waals surface area (Å²) in [7, 11) is 0. The fourth-order valence-electron chi connectivity index (χ4n) is 3.00. The van der Waals surface area contributed by atoms with Crippen LogP contribution in [0.3, 0.4) is 0 Å². The van der Waals surface area contributed by atoms with Crippen molar-refractivity contribution >= 4 is 5.91 Å². The minimum Gasteiger partial charge on any atom is -0.494 e. The fraction of sp³-hybridized carbons (Fsp3) is 0.632. The number of nitrogens with one attached hydrogen (secondary N) is 1. The Bertz CT molecular complexity index is 537. The Labute approximate surface area is 145 Å². The molecule has 5 nitrogen and oxygen atoms in total. The molecule has 2 rings (SSSR count). The van der Waals surface area contributed by atoms with Gasteiger partial charge in [-0.05, 0) is 52.8 Å². The van der Waals surface area contributed by atoms with Crippen molar-refractivity contribution in [2.45, 2.75) is 45.7 Å². The number of carbonyl (C=O) groups excluding carboxylic acids is 1. The molecule has 0 radical (unpaired) electrons. The Morgan fingerprint density at radius 2 is 2.00 bits per heavy atom. The molecule has 2 N–H and O–H groups in total. The van der Waals surface area contributed by atoms with Gasteiger partial charge >= 0.3 is 0 Å². The molecule has 1 aliphatic rings. The van der Waals surface area contributed by atoms with E-state index in [1.165, 1.54) is 5.56 Å². The van der Waals surface area contributed by atoms with Crippen LogP contribution in [0.4, 0.5) is 0 Å². The number of carbonyl (C=O) groups is 1. The molecule has 1 amide bonds. The van der Waals surface area contributed by atoms with Crippen LogP contribution in [0.5, 0.6) is 5.75 Å². The van der Waals surface area contributed by atoms with Gasteiger partial charge in [0.15, 0.2) is 0 Å². The molecular formula is C19H30N2O3. The molecule has 0 aliphatic carbocycles. The second-order valence-corrected chi connectivity index (χ2v) is 7.12. The third-order valence-electron chi connectivity index (χ3n) is 4.48. The second kappa shape index (κ2) is 8.49. The van der Waals surface area contributed by atoms with Crippen molar-refractivity contribution in [3.05, 3.63) is 29.8 Å². The van der Waals surface area contributed by atoms with Crippen LogP contribution < -0.4 is 10.1 Å². The Kier molecular flexibility index (Phi) is 6.63. The zero-order valence-electron chi connectivity index (χ0n) is 15.0. The standard InChI is InChI=1S/C19H30N2O3/c1-4-24-17-8-6-5-7-16(17)13-21-11-9-15(10-12-21)18(23)20-19(2,3)14-22/h5-8,15,22H,4,9-14H2,1-3H3,(H,20,23). The highest BCUT2D eigenvalue weighted by Crippen LogP contribution is 2.24. The van der Waals surface area contributed by atoms with E-state index in [1.54, 1.807) is 0 Å². The molecule has 0 aromatic heterocycles. The van der Waals surface area contributed by atoms with Crippen LogP contribution in [0.25, 0.3) is 0 Å². The van der Waals surface area contributed by atoms with Crippen LogP contribution in [0.15, 0.2) is 24.3 Å². The van der Waals surface area contributed by atoms with Gasteiger partial charge in [0.1, 0.15) is 5.75 Å². The summed E-state index contributed by atoms with van der Waals surface area (Å²) >= 11 is 0. The summed E-state index contributed by atoms with van der Waals surface area (Å²) in [5.74, 6) is 1.04. The summed E-state index contributed by atoms with van der Waals surface area (Å²) in [6.07, 6.45) is 1.70. The van der Waals surface area contributed by atoms with E-state index in [0.29, 0.717) is 6.61 Å². The van der Waals surface area contributed by atoms with Crippen LogP contribution in [-0.2, 0) is 11.3 Å². The number of para-hydroxylation sites is 1. The topological polar surface area (TPSA) is 61.8 Å². The second-order valence-electron chi connectivity index (χ2n) is 7.12. The van der Waals surface area contributed by atoms with E-state index in [0.717, 1.165) is 38.2 Å². The van der Waals surface area contributed by atoms with Crippen molar-refractivity contribution in [3.63, 3.8) is 0 Å². The van der Waals surface area contributed by atoms with Crippen molar-refractivity contribution < 1.29 is 14.6 Å². The largest absolute Gasteiger partial charge is 0.494 e. The lowest BCUT2D eigenvalue weighted by Gasteiger charge is -2.33. The van der Waals surface area contributed by atoms with Crippen LogP contribution in [0.2, 0.25) is 0 Å².